The maximum Gasteiger partial charge on any atom is 0.197 e. The minimum Gasteiger partial charge on any atom is -0.307 e. The fourth-order valence-electron chi connectivity index (χ4n) is 3.21. The molecule has 3 aromatic rings. The lowest BCUT2D eigenvalue weighted by molar-refractivity contribution is 0.652. The SMILES string of the molecule is C[C@@H](c1ccccc1)n1cnc2ncc(C3=CCCCC3)nc21. The van der Waals surface area contributed by atoms with E-state index in [0.29, 0.717) is 5.65 Å². The van der Waals surface area contributed by atoms with Gasteiger partial charge in [0.25, 0.3) is 0 Å². The van der Waals surface area contributed by atoms with Gasteiger partial charge in [-0.05, 0) is 43.7 Å². The van der Waals surface area contributed by atoms with Crippen LogP contribution in [0, 0.1) is 0 Å². The van der Waals surface area contributed by atoms with Crippen LogP contribution in [-0.4, -0.2) is 19.5 Å². The van der Waals surface area contributed by atoms with E-state index in [-0.39, 0.29) is 6.04 Å². The fraction of sp³-hybridized carbons (Fsp3) is 0.316. The molecule has 0 bridgehead atoms. The predicted molar refractivity (Wildman–Crippen MR) is 92.0 cm³/mol. The van der Waals surface area contributed by atoms with E-state index in [1.807, 2.05) is 18.6 Å². The van der Waals surface area contributed by atoms with Gasteiger partial charge in [-0.25, -0.2) is 15.0 Å². The summed E-state index contributed by atoms with van der Waals surface area (Å²) in [6, 6.07) is 10.6. The second kappa shape index (κ2) is 5.95. The van der Waals surface area contributed by atoms with Crippen LogP contribution in [0.4, 0.5) is 0 Å². The molecule has 0 N–H and O–H groups in total. The second-order valence-electron chi connectivity index (χ2n) is 6.12. The summed E-state index contributed by atoms with van der Waals surface area (Å²) in [6.07, 6.45) is 10.8. The van der Waals surface area contributed by atoms with Crippen molar-refractivity contribution in [1.29, 1.82) is 0 Å². The monoisotopic (exact) mass is 304 g/mol. The molecule has 4 heteroatoms. The Morgan fingerprint density at radius 3 is 2.74 bits per heavy atom. The Kier molecular flexibility index (Phi) is 3.66. The molecule has 0 aliphatic heterocycles. The standard InChI is InChI=1S/C19H20N4/c1-14(15-8-4-2-5-9-15)23-13-21-18-19(23)22-17(12-20-18)16-10-6-3-7-11-16/h2,4-5,8-10,12-14H,3,6-7,11H2,1H3/t14-/m0/s1. The third-order valence-electron chi connectivity index (χ3n) is 4.60. The largest absolute Gasteiger partial charge is 0.307 e. The van der Waals surface area contributed by atoms with Gasteiger partial charge in [-0.2, -0.15) is 0 Å². The van der Waals surface area contributed by atoms with E-state index in [1.165, 1.54) is 24.0 Å². The number of imidazole rings is 1. The van der Waals surface area contributed by atoms with Gasteiger partial charge < -0.3 is 4.57 Å². The molecule has 1 aliphatic carbocycles. The number of rotatable bonds is 3. The van der Waals surface area contributed by atoms with Crippen LogP contribution in [0.3, 0.4) is 0 Å². The molecule has 0 saturated carbocycles. The lowest BCUT2D eigenvalue weighted by atomic mass is 9.97. The smallest absolute Gasteiger partial charge is 0.197 e. The van der Waals surface area contributed by atoms with Crippen LogP contribution in [0.1, 0.15) is 49.9 Å². The Hall–Kier alpha value is -2.49. The maximum atomic E-state index is 4.88. The first kappa shape index (κ1) is 14.1. The number of nitrogens with zero attached hydrogens (tertiary/aromatic N) is 4. The van der Waals surface area contributed by atoms with Gasteiger partial charge in [-0.3, -0.25) is 0 Å². The van der Waals surface area contributed by atoms with Gasteiger partial charge >= 0.3 is 0 Å². The molecule has 0 fully saturated rings. The maximum absolute atomic E-state index is 4.88. The molecule has 2 heterocycles. The van der Waals surface area contributed by atoms with Crippen molar-refractivity contribution in [3.8, 4) is 0 Å². The van der Waals surface area contributed by atoms with Gasteiger partial charge in [0.15, 0.2) is 11.3 Å². The van der Waals surface area contributed by atoms with Crippen molar-refractivity contribution in [2.24, 2.45) is 0 Å². The third kappa shape index (κ3) is 2.65. The normalized spacial score (nSPS) is 16.3. The molecule has 1 aliphatic rings. The van der Waals surface area contributed by atoms with Crippen LogP contribution in [-0.2, 0) is 0 Å². The van der Waals surface area contributed by atoms with Crippen molar-refractivity contribution in [2.45, 2.75) is 38.6 Å². The molecule has 116 valence electrons. The number of hydrogen-bond donors (Lipinski definition) is 0. The van der Waals surface area contributed by atoms with Crippen LogP contribution in [0.25, 0.3) is 16.9 Å². The summed E-state index contributed by atoms with van der Waals surface area (Å²) >= 11 is 0. The van der Waals surface area contributed by atoms with Crippen molar-refractivity contribution in [2.75, 3.05) is 0 Å². The zero-order valence-corrected chi connectivity index (χ0v) is 13.3. The summed E-state index contributed by atoms with van der Waals surface area (Å²) in [6.45, 7) is 2.17. The van der Waals surface area contributed by atoms with E-state index in [0.717, 1.165) is 24.2 Å². The zero-order chi connectivity index (χ0) is 15.6. The Morgan fingerprint density at radius 2 is 1.96 bits per heavy atom. The Labute approximate surface area is 135 Å². The van der Waals surface area contributed by atoms with Gasteiger partial charge in [0.1, 0.15) is 0 Å². The van der Waals surface area contributed by atoms with E-state index in [4.69, 9.17) is 4.98 Å². The molecule has 1 aromatic carbocycles. The van der Waals surface area contributed by atoms with Gasteiger partial charge in [-0.1, -0.05) is 36.4 Å². The van der Waals surface area contributed by atoms with Gasteiger partial charge in [0.05, 0.1) is 24.3 Å². The van der Waals surface area contributed by atoms with E-state index in [1.54, 1.807) is 0 Å². The number of aromatic nitrogens is 4. The molecule has 0 unspecified atom stereocenters. The summed E-state index contributed by atoms with van der Waals surface area (Å²) in [5.74, 6) is 0. The average molecular weight is 304 g/mol. The van der Waals surface area contributed by atoms with Crippen molar-refractivity contribution in [3.05, 3.63) is 60.2 Å². The van der Waals surface area contributed by atoms with E-state index >= 15 is 0 Å². The summed E-state index contributed by atoms with van der Waals surface area (Å²) in [5.41, 5.74) is 5.15. The summed E-state index contributed by atoms with van der Waals surface area (Å²) in [7, 11) is 0. The van der Waals surface area contributed by atoms with Crippen molar-refractivity contribution >= 4 is 16.9 Å². The number of hydrogen-bond acceptors (Lipinski definition) is 3. The fourth-order valence-corrected chi connectivity index (χ4v) is 3.21. The molecule has 4 rings (SSSR count). The van der Waals surface area contributed by atoms with Gasteiger partial charge in [0.2, 0.25) is 0 Å². The van der Waals surface area contributed by atoms with Crippen molar-refractivity contribution in [3.63, 3.8) is 0 Å². The first-order chi connectivity index (χ1) is 11.3. The van der Waals surface area contributed by atoms with Crippen LogP contribution < -0.4 is 0 Å². The first-order valence-corrected chi connectivity index (χ1v) is 8.27. The lowest BCUT2D eigenvalue weighted by Gasteiger charge is -2.15. The van der Waals surface area contributed by atoms with Crippen LogP contribution in [0.2, 0.25) is 0 Å². The highest BCUT2D eigenvalue weighted by atomic mass is 15.1. The zero-order valence-electron chi connectivity index (χ0n) is 13.3. The molecule has 2 aromatic heterocycles. The minimum absolute atomic E-state index is 0.186. The molecule has 0 radical (unpaired) electrons. The number of allylic oxidation sites excluding steroid dienone is 2. The van der Waals surface area contributed by atoms with Crippen molar-refractivity contribution < 1.29 is 0 Å². The Morgan fingerprint density at radius 1 is 1.09 bits per heavy atom. The average Bonchev–Trinajstić information content (AvgIpc) is 3.05. The molecule has 1 atom stereocenters. The highest BCUT2D eigenvalue weighted by Gasteiger charge is 2.15. The topological polar surface area (TPSA) is 43.6 Å². The quantitative estimate of drug-likeness (QED) is 0.720. The van der Waals surface area contributed by atoms with Gasteiger partial charge in [-0.15, -0.1) is 0 Å². The number of benzene rings is 1. The van der Waals surface area contributed by atoms with Crippen LogP contribution >= 0.6 is 0 Å². The third-order valence-corrected chi connectivity index (χ3v) is 4.60. The van der Waals surface area contributed by atoms with E-state index in [2.05, 4.69) is 51.8 Å². The first-order valence-electron chi connectivity index (χ1n) is 8.27. The van der Waals surface area contributed by atoms with E-state index < -0.39 is 0 Å². The molecular weight excluding hydrogens is 284 g/mol. The summed E-state index contributed by atoms with van der Waals surface area (Å²) in [5, 5.41) is 0. The Balaban J connectivity index is 1.77. The molecule has 0 spiro atoms. The lowest BCUT2D eigenvalue weighted by Crippen LogP contribution is -2.07. The second-order valence-corrected chi connectivity index (χ2v) is 6.12. The highest BCUT2D eigenvalue weighted by Crippen LogP contribution is 2.27. The molecule has 23 heavy (non-hydrogen) atoms. The van der Waals surface area contributed by atoms with Crippen LogP contribution in [0.15, 0.2) is 48.9 Å². The highest BCUT2D eigenvalue weighted by molar-refractivity contribution is 5.71. The van der Waals surface area contributed by atoms with Crippen LogP contribution in [0.5, 0.6) is 0 Å². The summed E-state index contributed by atoms with van der Waals surface area (Å²) < 4.78 is 2.12. The minimum atomic E-state index is 0.186. The Bertz CT molecular complexity index is 848. The predicted octanol–water partition coefficient (Wildman–Crippen LogP) is 4.39. The summed E-state index contributed by atoms with van der Waals surface area (Å²) in [4.78, 5) is 13.8. The number of fused-ring (bicyclic) bond motifs is 1. The van der Waals surface area contributed by atoms with Gasteiger partial charge in [0, 0.05) is 0 Å². The molecular formula is C19H20N4. The molecule has 4 nitrogen and oxygen atoms in total. The van der Waals surface area contributed by atoms with E-state index in [9.17, 15) is 0 Å². The van der Waals surface area contributed by atoms with Crippen molar-refractivity contribution in [1.82, 2.24) is 19.5 Å². The molecule has 0 saturated heterocycles. The molecule has 0 amide bonds.